The van der Waals surface area contributed by atoms with Crippen LogP contribution in [0.5, 0.6) is 0 Å². The van der Waals surface area contributed by atoms with Crippen molar-refractivity contribution in [2.75, 3.05) is 0 Å². The maximum Gasteiger partial charge on any atom is 0.257 e. The molecule has 82 valence electrons. The highest BCUT2D eigenvalue weighted by molar-refractivity contribution is 5.84. The molecule has 0 saturated heterocycles. The van der Waals surface area contributed by atoms with Gasteiger partial charge < -0.3 is 5.32 Å². The quantitative estimate of drug-likeness (QED) is 0.746. The van der Waals surface area contributed by atoms with Crippen molar-refractivity contribution in [3.05, 3.63) is 0 Å². The normalized spacial score (nSPS) is 20.9. The van der Waals surface area contributed by atoms with Gasteiger partial charge in [0.25, 0.3) is 5.91 Å². The van der Waals surface area contributed by atoms with E-state index in [4.69, 9.17) is 0 Å². The van der Waals surface area contributed by atoms with Crippen molar-refractivity contribution in [2.45, 2.75) is 58.2 Å². The predicted molar refractivity (Wildman–Crippen MR) is 54.7 cm³/mol. The van der Waals surface area contributed by atoms with Crippen LogP contribution in [0.4, 0.5) is 4.39 Å². The second kappa shape index (κ2) is 4.28. The molecule has 1 aliphatic rings. The van der Waals surface area contributed by atoms with Crippen molar-refractivity contribution in [3.63, 3.8) is 0 Å². The highest BCUT2D eigenvalue weighted by Gasteiger charge is 2.30. The van der Waals surface area contributed by atoms with E-state index in [1.807, 2.05) is 6.92 Å². The molecule has 2 nitrogen and oxygen atoms in total. The summed E-state index contributed by atoms with van der Waals surface area (Å²) >= 11 is 0. The van der Waals surface area contributed by atoms with E-state index in [-0.39, 0.29) is 6.04 Å². The highest BCUT2D eigenvalue weighted by Crippen LogP contribution is 2.27. The molecule has 1 fully saturated rings. The third-order valence-electron chi connectivity index (χ3n) is 3.01. The fourth-order valence-electron chi connectivity index (χ4n) is 1.95. The van der Waals surface area contributed by atoms with Crippen LogP contribution in [0.25, 0.3) is 0 Å². The largest absolute Gasteiger partial charge is 0.351 e. The molecule has 1 rings (SSSR count). The molecular weight excluding hydrogens is 181 g/mol. The summed E-state index contributed by atoms with van der Waals surface area (Å²) in [5.41, 5.74) is -1.76. The number of amides is 1. The third-order valence-corrected chi connectivity index (χ3v) is 3.01. The maximum absolute atomic E-state index is 13.2. The topological polar surface area (TPSA) is 29.1 Å². The predicted octanol–water partition coefficient (Wildman–Crippen LogP) is 2.43. The number of carbonyl (C=O) groups excluding carboxylic acids is 1. The number of alkyl halides is 1. The molecule has 1 aliphatic carbocycles. The van der Waals surface area contributed by atoms with Gasteiger partial charge in [-0.05, 0) is 39.5 Å². The van der Waals surface area contributed by atoms with E-state index >= 15 is 0 Å². The first-order valence-electron chi connectivity index (χ1n) is 5.41. The molecule has 0 radical (unpaired) electrons. The monoisotopic (exact) mass is 201 g/mol. The highest BCUT2D eigenvalue weighted by atomic mass is 19.1. The van der Waals surface area contributed by atoms with Gasteiger partial charge in [0.2, 0.25) is 0 Å². The minimum absolute atomic E-state index is 0.111. The van der Waals surface area contributed by atoms with E-state index in [1.54, 1.807) is 0 Å². The molecule has 0 heterocycles. The van der Waals surface area contributed by atoms with E-state index in [9.17, 15) is 9.18 Å². The Balaban J connectivity index is 2.39. The van der Waals surface area contributed by atoms with Gasteiger partial charge in [-0.1, -0.05) is 12.8 Å². The molecule has 1 atom stereocenters. The fraction of sp³-hybridized carbons (Fsp3) is 0.909. The average molecular weight is 201 g/mol. The molecule has 1 N–H and O–H groups in total. The lowest BCUT2D eigenvalue weighted by Gasteiger charge is -2.23. The Kier molecular flexibility index (Phi) is 3.51. The summed E-state index contributed by atoms with van der Waals surface area (Å²) in [6, 6.07) is 0.111. The van der Waals surface area contributed by atoms with Gasteiger partial charge in [0.1, 0.15) is 0 Å². The zero-order chi connectivity index (χ0) is 10.8. The maximum atomic E-state index is 13.2. The Hall–Kier alpha value is -0.600. The Morgan fingerprint density at radius 1 is 1.43 bits per heavy atom. The summed E-state index contributed by atoms with van der Waals surface area (Å²) in [5.74, 6) is 0.0539. The van der Waals surface area contributed by atoms with Gasteiger partial charge in [0.15, 0.2) is 5.67 Å². The number of hydrogen-bond donors (Lipinski definition) is 1. The number of carbonyl (C=O) groups is 1. The van der Waals surface area contributed by atoms with Gasteiger partial charge in [-0.2, -0.15) is 0 Å². The van der Waals surface area contributed by atoms with Crippen LogP contribution in [0.15, 0.2) is 0 Å². The van der Waals surface area contributed by atoms with Gasteiger partial charge in [0, 0.05) is 6.04 Å². The third kappa shape index (κ3) is 2.96. The second-order valence-corrected chi connectivity index (χ2v) is 4.78. The summed E-state index contributed by atoms with van der Waals surface area (Å²) in [7, 11) is 0. The molecule has 0 aromatic rings. The van der Waals surface area contributed by atoms with Crippen molar-refractivity contribution in [1.82, 2.24) is 5.32 Å². The van der Waals surface area contributed by atoms with Crippen molar-refractivity contribution < 1.29 is 9.18 Å². The molecule has 0 aromatic carbocycles. The summed E-state index contributed by atoms with van der Waals surface area (Å²) < 4.78 is 13.2. The first-order valence-corrected chi connectivity index (χ1v) is 5.41. The summed E-state index contributed by atoms with van der Waals surface area (Å²) in [4.78, 5) is 11.3. The molecular formula is C11H20FNO. The standard InChI is InChI=1S/C11H20FNO/c1-8(9-6-4-5-7-9)13-10(14)11(2,3)12/h8-9H,4-7H2,1-3H3,(H,13,14). The number of nitrogens with one attached hydrogen (secondary N) is 1. The van der Waals surface area contributed by atoms with Crippen molar-refractivity contribution in [1.29, 1.82) is 0 Å². The molecule has 3 heteroatoms. The Labute approximate surface area is 85.3 Å². The van der Waals surface area contributed by atoms with Crippen molar-refractivity contribution in [2.24, 2.45) is 5.92 Å². The number of rotatable bonds is 3. The van der Waals surface area contributed by atoms with Crippen LogP contribution in [-0.2, 0) is 4.79 Å². The summed E-state index contributed by atoms with van der Waals surface area (Å²) in [6.45, 7) is 4.56. The smallest absolute Gasteiger partial charge is 0.257 e. The first-order chi connectivity index (χ1) is 6.41. The summed E-state index contributed by atoms with van der Waals surface area (Å²) in [6.07, 6.45) is 4.80. The lowest BCUT2D eigenvalue weighted by Crippen LogP contribution is -2.45. The minimum Gasteiger partial charge on any atom is -0.351 e. The zero-order valence-electron chi connectivity index (χ0n) is 9.27. The summed E-state index contributed by atoms with van der Waals surface area (Å²) in [5, 5.41) is 2.75. The van der Waals surface area contributed by atoms with E-state index in [0.29, 0.717) is 5.92 Å². The molecule has 14 heavy (non-hydrogen) atoms. The van der Waals surface area contributed by atoms with Crippen LogP contribution in [0.2, 0.25) is 0 Å². The lowest BCUT2D eigenvalue weighted by atomic mass is 9.99. The van der Waals surface area contributed by atoms with Gasteiger partial charge in [-0.3, -0.25) is 4.79 Å². The van der Waals surface area contributed by atoms with Crippen LogP contribution < -0.4 is 5.32 Å². The number of halogens is 1. The Morgan fingerprint density at radius 3 is 2.36 bits per heavy atom. The van der Waals surface area contributed by atoms with Gasteiger partial charge in [-0.15, -0.1) is 0 Å². The fourth-order valence-corrected chi connectivity index (χ4v) is 1.95. The Bertz CT molecular complexity index is 204. The number of hydrogen-bond acceptors (Lipinski definition) is 1. The SMILES string of the molecule is CC(NC(=O)C(C)(C)F)C1CCCC1. The van der Waals surface area contributed by atoms with Crippen LogP contribution in [0.1, 0.15) is 46.5 Å². The van der Waals surface area contributed by atoms with E-state index in [1.165, 1.54) is 26.7 Å². The molecule has 0 spiro atoms. The second-order valence-electron chi connectivity index (χ2n) is 4.78. The van der Waals surface area contributed by atoms with Gasteiger partial charge in [-0.25, -0.2) is 4.39 Å². The van der Waals surface area contributed by atoms with Gasteiger partial charge >= 0.3 is 0 Å². The Morgan fingerprint density at radius 2 is 1.93 bits per heavy atom. The van der Waals surface area contributed by atoms with Crippen LogP contribution in [0, 0.1) is 5.92 Å². The van der Waals surface area contributed by atoms with Crippen molar-refractivity contribution in [3.8, 4) is 0 Å². The van der Waals surface area contributed by atoms with E-state index in [0.717, 1.165) is 12.8 Å². The first kappa shape index (κ1) is 11.5. The molecule has 0 bridgehead atoms. The lowest BCUT2D eigenvalue weighted by molar-refractivity contribution is -0.131. The van der Waals surface area contributed by atoms with Gasteiger partial charge in [0.05, 0.1) is 0 Å². The molecule has 1 unspecified atom stereocenters. The molecule has 1 amide bonds. The van der Waals surface area contributed by atoms with Crippen LogP contribution >= 0.6 is 0 Å². The molecule has 1 saturated carbocycles. The van der Waals surface area contributed by atoms with Crippen LogP contribution in [-0.4, -0.2) is 17.6 Å². The zero-order valence-corrected chi connectivity index (χ0v) is 9.27. The van der Waals surface area contributed by atoms with E-state index < -0.39 is 11.6 Å². The molecule has 0 aromatic heterocycles. The minimum atomic E-state index is -1.76. The van der Waals surface area contributed by atoms with Crippen LogP contribution in [0.3, 0.4) is 0 Å². The van der Waals surface area contributed by atoms with Crippen molar-refractivity contribution >= 4 is 5.91 Å². The molecule has 0 aliphatic heterocycles. The van der Waals surface area contributed by atoms with E-state index in [2.05, 4.69) is 5.32 Å². The average Bonchev–Trinajstić information content (AvgIpc) is 2.53.